The quantitative estimate of drug-likeness (QED) is 0.330. The lowest BCUT2D eigenvalue weighted by Gasteiger charge is -2.32. The van der Waals surface area contributed by atoms with Crippen LogP contribution in [0.5, 0.6) is 0 Å². The van der Waals surface area contributed by atoms with Gasteiger partial charge in [0.05, 0.1) is 29.9 Å². The molecule has 9 heteroatoms. The molecule has 214 valence electrons. The molecule has 1 atom stereocenters. The fourth-order valence-corrected chi connectivity index (χ4v) is 5.73. The van der Waals surface area contributed by atoms with Gasteiger partial charge in [0.25, 0.3) is 0 Å². The van der Waals surface area contributed by atoms with Crippen molar-refractivity contribution in [1.82, 2.24) is 34.4 Å². The number of nitrogens with one attached hydrogen (secondary N) is 1. The molecule has 5 rings (SSSR count). The number of aryl methyl sites for hydroxylation is 1. The summed E-state index contributed by atoms with van der Waals surface area (Å²) in [6.07, 6.45) is 5.75. The molecule has 4 aromatic heterocycles. The third kappa shape index (κ3) is 4.96. The predicted octanol–water partition coefficient (Wildman–Crippen LogP) is 5.52. The molecule has 9 nitrogen and oxygen atoms in total. The van der Waals surface area contributed by atoms with Crippen molar-refractivity contribution >= 4 is 28.4 Å². The van der Waals surface area contributed by atoms with Crippen LogP contribution in [0.3, 0.4) is 0 Å². The number of hydrogen-bond acceptors (Lipinski definition) is 6. The smallest absolute Gasteiger partial charge is 0.238 e. The van der Waals surface area contributed by atoms with Gasteiger partial charge < -0.3 is 14.8 Å². The van der Waals surface area contributed by atoms with E-state index in [9.17, 15) is 4.79 Å². The van der Waals surface area contributed by atoms with Gasteiger partial charge >= 0.3 is 0 Å². The van der Waals surface area contributed by atoms with Gasteiger partial charge in [0, 0.05) is 35.4 Å². The molecule has 1 N–H and O–H groups in total. The molecule has 0 radical (unpaired) electrons. The lowest BCUT2D eigenvalue weighted by atomic mass is 9.95. The van der Waals surface area contributed by atoms with E-state index in [1.165, 1.54) is 11.1 Å². The standard InChI is InChI=1S/C31H44N8O/c1-10-11-22-14-37(26(40)16-36(9)31(6,7)8)18-38(22)25-13-12-24-29(35-25)27(19(2)3)28(34-24)23-15-39-30(32-17-33-39)21(5)20(23)4/h12-13,15,17,19,22,34H,10-11,14,16,18H2,1-9H3/t22-/m0/s1. The number of hydrogen-bond donors (Lipinski definition) is 1. The monoisotopic (exact) mass is 544 g/mol. The Hall–Kier alpha value is -3.46. The Balaban J connectivity index is 1.53. The van der Waals surface area contributed by atoms with Crippen molar-refractivity contribution < 1.29 is 4.79 Å². The molecule has 0 unspecified atom stereocenters. The molecule has 1 fully saturated rings. The van der Waals surface area contributed by atoms with E-state index in [2.05, 4.69) is 98.6 Å². The molecule has 0 spiro atoms. The molecule has 0 bridgehead atoms. The number of anilines is 1. The van der Waals surface area contributed by atoms with Gasteiger partial charge in [0.1, 0.15) is 12.1 Å². The van der Waals surface area contributed by atoms with E-state index in [1.54, 1.807) is 6.33 Å². The molecule has 4 aromatic rings. The van der Waals surface area contributed by atoms with Crippen molar-refractivity contribution in [3.63, 3.8) is 0 Å². The summed E-state index contributed by atoms with van der Waals surface area (Å²) in [4.78, 5) is 33.1. The summed E-state index contributed by atoms with van der Waals surface area (Å²) < 4.78 is 1.86. The van der Waals surface area contributed by atoms with Gasteiger partial charge in [-0.2, -0.15) is 5.10 Å². The highest BCUT2D eigenvalue weighted by atomic mass is 16.2. The van der Waals surface area contributed by atoms with Gasteiger partial charge in [-0.15, -0.1) is 0 Å². The fourth-order valence-electron chi connectivity index (χ4n) is 5.73. The Morgan fingerprint density at radius 3 is 2.62 bits per heavy atom. The first-order valence-electron chi connectivity index (χ1n) is 14.5. The van der Waals surface area contributed by atoms with E-state index in [4.69, 9.17) is 4.98 Å². The van der Waals surface area contributed by atoms with Crippen LogP contribution in [0.15, 0.2) is 24.7 Å². The minimum atomic E-state index is -0.0565. The molecular weight excluding hydrogens is 500 g/mol. The number of aromatic nitrogens is 5. The van der Waals surface area contributed by atoms with Crippen molar-refractivity contribution in [3.05, 3.63) is 41.3 Å². The maximum absolute atomic E-state index is 13.3. The Kier molecular flexibility index (Phi) is 7.37. The predicted molar refractivity (Wildman–Crippen MR) is 162 cm³/mol. The Bertz CT molecular complexity index is 1540. The first-order valence-corrected chi connectivity index (χ1v) is 14.5. The summed E-state index contributed by atoms with van der Waals surface area (Å²) >= 11 is 0. The summed E-state index contributed by atoms with van der Waals surface area (Å²) in [6.45, 7) is 19.0. The second-order valence-corrected chi connectivity index (χ2v) is 12.7. The van der Waals surface area contributed by atoms with Gasteiger partial charge in [0.2, 0.25) is 5.91 Å². The first-order chi connectivity index (χ1) is 18.9. The number of nitrogens with zero attached hydrogens (tertiary/aromatic N) is 7. The van der Waals surface area contributed by atoms with Gasteiger partial charge in [0.15, 0.2) is 5.65 Å². The number of H-pyrrole nitrogens is 1. The van der Waals surface area contributed by atoms with E-state index < -0.39 is 0 Å². The van der Waals surface area contributed by atoms with E-state index in [-0.39, 0.29) is 23.4 Å². The maximum Gasteiger partial charge on any atom is 0.238 e. The van der Waals surface area contributed by atoms with E-state index in [0.29, 0.717) is 13.2 Å². The van der Waals surface area contributed by atoms with Crippen molar-refractivity contribution in [3.8, 4) is 11.3 Å². The number of likely N-dealkylation sites (N-methyl/N-ethyl adjacent to an activating group) is 1. The average molecular weight is 545 g/mol. The van der Waals surface area contributed by atoms with E-state index in [0.717, 1.165) is 58.7 Å². The zero-order valence-electron chi connectivity index (χ0n) is 25.5. The second kappa shape index (κ2) is 10.5. The Labute approximate surface area is 237 Å². The van der Waals surface area contributed by atoms with Gasteiger partial charge in [-0.25, -0.2) is 14.5 Å². The summed E-state index contributed by atoms with van der Waals surface area (Å²) in [5, 5.41) is 4.41. The van der Waals surface area contributed by atoms with Crippen molar-refractivity contribution in [2.24, 2.45) is 0 Å². The number of pyridine rings is 2. The van der Waals surface area contributed by atoms with Gasteiger partial charge in [-0.1, -0.05) is 27.2 Å². The number of fused-ring (bicyclic) bond motifs is 2. The molecule has 0 aromatic carbocycles. The van der Waals surface area contributed by atoms with Crippen LogP contribution in [0.4, 0.5) is 5.82 Å². The largest absolute Gasteiger partial charge is 0.353 e. The summed E-state index contributed by atoms with van der Waals surface area (Å²) in [7, 11) is 2.02. The van der Waals surface area contributed by atoms with Crippen LogP contribution in [-0.4, -0.2) is 78.7 Å². The molecule has 40 heavy (non-hydrogen) atoms. The van der Waals surface area contributed by atoms with Crippen LogP contribution in [0.25, 0.3) is 27.9 Å². The zero-order valence-corrected chi connectivity index (χ0v) is 25.5. The normalized spacial score (nSPS) is 16.4. The van der Waals surface area contributed by atoms with Crippen LogP contribution >= 0.6 is 0 Å². The molecule has 0 saturated carbocycles. The Morgan fingerprint density at radius 1 is 1.20 bits per heavy atom. The zero-order chi connectivity index (χ0) is 28.9. The maximum atomic E-state index is 13.3. The Morgan fingerprint density at radius 2 is 1.95 bits per heavy atom. The lowest BCUT2D eigenvalue weighted by molar-refractivity contribution is -0.132. The van der Waals surface area contributed by atoms with Gasteiger partial charge in [-0.05, 0) is 77.3 Å². The highest BCUT2D eigenvalue weighted by Gasteiger charge is 2.35. The fraction of sp³-hybridized carbons (Fsp3) is 0.548. The minimum absolute atomic E-state index is 0.0565. The van der Waals surface area contributed by atoms with Crippen molar-refractivity contribution in [2.45, 2.75) is 85.7 Å². The summed E-state index contributed by atoms with van der Waals surface area (Å²) in [6, 6.07) is 4.49. The molecular formula is C31H44N8O. The molecule has 0 aliphatic carbocycles. The van der Waals surface area contributed by atoms with E-state index in [1.807, 2.05) is 16.5 Å². The number of aromatic amines is 1. The second-order valence-electron chi connectivity index (χ2n) is 12.7. The highest BCUT2D eigenvalue weighted by molar-refractivity contribution is 5.90. The van der Waals surface area contributed by atoms with Gasteiger partial charge in [-0.3, -0.25) is 9.69 Å². The highest BCUT2D eigenvalue weighted by Crippen LogP contribution is 2.38. The molecule has 1 saturated heterocycles. The van der Waals surface area contributed by atoms with E-state index >= 15 is 0 Å². The number of carbonyl (C=O) groups excluding carboxylic acids is 1. The molecule has 1 aliphatic rings. The summed E-state index contributed by atoms with van der Waals surface area (Å²) in [5.41, 5.74) is 8.54. The van der Waals surface area contributed by atoms with Crippen LogP contribution < -0.4 is 4.90 Å². The van der Waals surface area contributed by atoms with Crippen LogP contribution in [0.1, 0.15) is 77.0 Å². The molecule has 1 amide bonds. The average Bonchev–Trinajstić information content (AvgIpc) is 3.62. The first kappa shape index (κ1) is 28.1. The lowest BCUT2D eigenvalue weighted by Crippen LogP contribution is -2.46. The number of amides is 1. The van der Waals surface area contributed by atoms with Crippen molar-refractivity contribution in [1.29, 1.82) is 0 Å². The third-order valence-electron chi connectivity index (χ3n) is 8.62. The third-order valence-corrected chi connectivity index (χ3v) is 8.62. The number of carbonyl (C=O) groups is 1. The molecule has 5 heterocycles. The molecule has 1 aliphatic heterocycles. The van der Waals surface area contributed by atoms with Crippen LogP contribution in [0, 0.1) is 13.8 Å². The van der Waals surface area contributed by atoms with Crippen molar-refractivity contribution in [2.75, 3.05) is 31.7 Å². The van der Waals surface area contributed by atoms with Crippen LogP contribution in [0.2, 0.25) is 0 Å². The van der Waals surface area contributed by atoms with Crippen LogP contribution in [-0.2, 0) is 4.79 Å². The number of rotatable bonds is 7. The minimum Gasteiger partial charge on any atom is -0.353 e. The SMILES string of the molecule is CCC[C@H]1CN(C(=O)CN(C)C(C)(C)C)CN1c1ccc2[nH]c(-c3cn4ncnc4c(C)c3C)c(C(C)C)c2n1. The topological polar surface area (TPSA) is 85.7 Å². The summed E-state index contributed by atoms with van der Waals surface area (Å²) in [5.74, 6) is 1.36.